The van der Waals surface area contributed by atoms with Crippen molar-refractivity contribution in [1.82, 2.24) is 20.3 Å². The zero-order valence-corrected chi connectivity index (χ0v) is 16.2. The third-order valence-electron chi connectivity index (χ3n) is 5.17. The lowest BCUT2D eigenvalue weighted by atomic mass is 9.38. The lowest BCUT2D eigenvalue weighted by molar-refractivity contribution is -0.274. The lowest BCUT2D eigenvalue weighted by Gasteiger charge is -2.69. The van der Waals surface area contributed by atoms with Crippen LogP contribution in [0.1, 0.15) is 45.7 Å². The predicted molar refractivity (Wildman–Crippen MR) is 95.7 cm³/mol. The first-order valence-corrected chi connectivity index (χ1v) is 9.17. The maximum absolute atomic E-state index is 12.3. The number of hydrogen-bond acceptors (Lipinski definition) is 5. The molecule has 0 aliphatic heterocycles. The van der Waals surface area contributed by atoms with E-state index in [1.54, 1.807) is 6.20 Å². The first-order valence-electron chi connectivity index (χ1n) is 9.17. The van der Waals surface area contributed by atoms with Gasteiger partial charge in [-0.15, -0.1) is 18.3 Å². The standard InChI is InChI=1S/C19H21F3N4O3/c1-16(2,3)29-15(27)23-18-9-17(10-18,11-18)14-8-26(25-24-14)12-4-6-13(7-5-12)28-19(20,21)22/h4-8H,9-11H2,1-3H3,(H,23,27). The third-order valence-corrected chi connectivity index (χ3v) is 5.17. The monoisotopic (exact) mass is 410 g/mol. The van der Waals surface area contributed by atoms with Gasteiger partial charge in [0.15, 0.2) is 0 Å². The van der Waals surface area contributed by atoms with Crippen LogP contribution in [-0.2, 0) is 10.2 Å². The smallest absolute Gasteiger partial charge is 0.444 e. The van der Waals surface area contributed by atoms with Crippen molar-refractivity contribution in [2.24, 2.45) is 0 Å². The van der Waals surface area contributed by atoms with Gasteiger partial charge in [-0.1, -0.05) is 5.21 Å². The normalized spacial score (nSPS) is 25.6. The molecule has 29 heavy (non-hydrogen) atoms. The summed E-state index contributed by atoms with van der Waals surface area (Å²) in [6, 6.07) is 5.41. The molecular weight excluding hydrogens is 389 g/mol. The number of nitrogens with one attached hydrogen (secondary N) is 1. The molecule has 0 radical (unpaired) electrons. The number of carbonyl (C=O) groups excluding carboxylic acids is 1. The zero-order valence-electron chi connectivity index (χ0n) is 16.2. The number of alkyl carbamates (subject to hydrolysis) is 1. The molecule has 0 spiro atoms. The summed E-state index contributed by atoms with van der Waals surface area (Å²) < 4.78 is 47.5. The fraction of sp³-hybridized carbons (Fsp3) is 0.526. The van der Waals surface area contributed by atoms with Gasteiger partial charge in [-0.25, -0.2) is 9.48 Å². The highest BCUT2D eigenvalue weighted by Crippen LogP contribution is 2.67. The van der Waals surface area contributed by atoms with Crippen LogP contribution in [0.2, 0.25) is 0 Å². The minimum atomic E-state index is -4.73. The maximum atomic E-state index is 12.3. The first kappa shape index (κ1) is 19.5. The van der Waals surface area contributed by atoms with Crippen LogP contribution < -0.4 is 10.1 Å². The van der Waals surface area contributed by atoms with Gasteiger partial charge in [-0.2, -0.15) is 0 Å². The summed E-state index contributed by atoms with van der Waals surface area (Å²) in [4.78, 5) is 12.0. The van der Waals surface area contributed by atoms with Crippen molar-refractivity contribution >= 4 is 6.09 Å². The van der Waals surface area contributed by atoms with Crippen molar-refractivity contribution in [2.45, 2.75) is 63.0 Å². The quantitative estimate of drug-likeness (QED) is 0.828. The average Bonchev–Trinajstić information content (AvgIpc) is 2.96. The molecule has 1 aromatic carbocycles. The molecule has 7 nitrogen and oxygen atoms in total. The molecule has 1 amide bonds. The van der Waals surface area contributed by atoms with Crippen molar-refractivity contribution in [3.05, 3.63) is 36.2 Å². The van der Waals surface area contributed by atoms with E-state index in [1.165, 1.54) is 28.9 Å². The molecule has 3 aliphatic carbocycles. The van der Waals surface area contributed by atoms with E-state index >= 15 is 0 Å². The molecule has 1 heterocycles. The van der Waals surface area contributed by atoms with E-state index in [2.05, 4.69) is 20.4 Å². The molecule has 10 heteroatoms. The number of ether oxygens (including phenoxy) is 2. The summed E-state index contributed by atoms with van der Waals surface area (Å²) in [5.41, 5.74) is 0.469. The molecule has 3 fully saturated rings. The van der Waals surface area contributed by atoms with Gasteiger partial charge in [-0.3, -0.25) is 0 Å². The van der Waals surface area contributed by atoms with Gasteiger partial charge in [-0.05, 0) is 64.3 Å². The van der Waals surface area contributed by atoms with Gasteiger partial charge < -0.3 is 14.8 Å². The average molecular weight is 410 g/mol. The summed E-state index contributed by atoms with van der Waals surface area (Å²) >= 11 is 0. The van der Waals surface area contributed by atoms with Gasteiger partial charge in [0.25, 0.3) is 0 Å². The van der Waals surface area contributed by atoms with Gasteiger partial charge in [0.2, 0.25) is 0 Å². The van der Waals surface area contributed by atoms with E-state index in [9.17, 15) is 18.0 Å². The van der Waals surface area contributed by atoms with E-state index in [-0.39, 0.29) is 16.7 Å². The van der Waals surface area contributed by atoms with Crippen molar-refractivity contribution in [2.75, 3.05) is 0 Å². The topological polar surface area (TPSA) is 78.3 Å². The summed E-state index contributed by atoms with van der Waals surface area (Å²) in [7, 11) is 0. The number of hydrogen-bond donors (Lipinski definition) is 1. The minimum absolute atomic E-state index is 0.118. The Hall–Kier alpha value is -2.78. The van der Waals surface area contributed by atoms with Crippen molar-refractivity contribution < 1.29 is 27.4 Å². The molecule has 5 rings (SSSR count). The Balaban J connectivity index is 1.37. The van der Waals surface area contributed by atoms with Crippen LogP contribution in [0.25, 0.3) is 5.69 Å². The van der Waals surface area contributed by atoms with Gasteiger partial charge in [0.05, 0.1) is 17.6 Å². The number of nitrogens with zero attached hydrogens (tertiary/aromatic N) is 3. The molecule has 0 atom stereocenters. The highest BCUT2D eigenvalue weighted by atomic mass is 19.4. The third kappa shape index (κ3) is 3.88. The number of alkyl halides is 3. The number of halogens is 3. The summed E-state index contributed by atoms with van der Waals surface area (Å²) in [6.07, 6.45) is -1.09. The Morgan fingerprint density at radius 1 is 1.14 bits per heavy atom. The Morgan fingerprint density at radius 3 is 2.31 bits per heavy atom. The summed E-state index contributed by atoms with van der Waals surface area (Å²) in [5, 5.41) is 11.3. The van der Waals surface area contributed by atoms with Crippen molar-refractivity contribution in [1.29, 1.82) is 0 Å². The first-order chi connectivity index (χ1) is 13.4. The maximum Gasteiger partial charge on any atom is 0.573 e. The van der Waals surface area contributed by atoms with Crippen LogP contribution >= 0.6 is 0 Å². The molecule has 3 aliphatic rings. The Kier molecular flexibility index (Phi) is 4.11. The predicted octanol–water partition coefficient (Wildman–Crippen LogP) is 3.86. The second kappa shape index (κ2) is 6.11. The molecular formula is C19H21F3N4O3. The Morgan fingerprint density at radius 2 is 1.76 bits per heavy atom. The van der Waals surface area contributed by atoms with E-state index in [4.69, 9.17) is 4.74 Å². The number of benzene rings is 1. The van der Waals surface area contributed by atoms with Crippen LogP contribution in [0, 0.1) is 0 Å². The fourth-order valence-corrected chi connectivity index (χ4v) is 4.15. The Bertz CT molecular complexity index is 912. The van der Waals surface area contributed by atoms with Crippen LogP contribution in [-0.4, -0.2) is 38.6 Å². The SMILES string of the molecule is CC(C)(C)OC(=O)NC12CC(c3cn(-c4ccc(OC(F)(F)F)cc4)nn3)(C1)C2. The van der Waals surface area contributed by atoms with E-state index < -0.39 is 18.1 Å². The van der Waals surface area contributed by atoms with E-state index in [1.807, 2.05) is 20.8 Å². The molecule has 0 saturated heterocycles. The number of amides is 1. The molecule has 0 unspecified atom stereocenters. The van der Waals surface area contributed by atoms with Crippen LogP contribution in [0.15, 0.2) is 30.5 Å². The van der Waals surface area contributed by atoms with Gasteiger partial charge in [0.1, 0.15) is 11.4 Å². The molecule has 2 bridgehead atoms. The summed E-state index contributed by atoms with van der Waals surface area (Å²) in [5.74, 6) is -0.295. The second-order valence-corrected chi connectivity index (χ2v) is 8.81. The molecule has 1 aromatic heterocycles. The summed E-state index contributed by atoms with van der Waals surface area (Å²) in [6.45, 7) is 5.45. The van der Waals surface area contributed by atoms with E-state index in [0.717, 1.165) is 25.0 Å². The number of aromatic nitrogens is 3. The molecule has 2 aromatic rings. The number of carbonyl (C=O) groups is 1. The van der Waals surface area contributed by atoms with Crippen LogP contribution in [0.4, 0.5) is 18.0 Å². The largest absolute Gasteiger partial charge is 0.573 e. The lowest BCUT2D eigenvalue weighted by Crippen LogP contribution is -2.77. The fourth-order valence-electron chi connectivity index (χ4n) is 4.15. The Labute approximate surface area is 165 Å². The minimum Gasteiger partial charge on any atom is -0.444 e. The highest BCUT2D eigenvalue weighted by molar-refractivity contribution is 5.70. The van der Waals surface area contributed by atoms with Crippen molar-refractivity contribution in [3.63, 3.8) is 0 Å². The molecule has 3 saturated carbocycles. The molecule has 156 valence electrons. The van der Waals surface area contributed by atoms with E-state index in [0.29, 0.717) is 5.69 Å². The van der Waals surface area contributed by atoms with Crippen molar-refractivity contribution in [3.8, 4) is 11.4 Å². The molecule has 1 N–H and O–H groups in total. The van der Waals surface area contributed by atoms with Gasteiger partial charge >= 0.3 is 12.5 Å². The van der Waals surface area contributed by atoms with Gasteiger partial charge in [0, 0.05) is 11.0 Å². The van der Waals surface area contributed by atoms with Crippen LogP contribution in [0.3, 0.4) is 0 Å². The van der Waals surface area contributed by atoms with Crippen LogP contribution in [0.5, 0.6) is 5.75 Å². The highest BCUT2D eigenvalue weighted by Gasteiger charge is 2.70. The second-order valence-electron chi connectivity index (χ2n) is 8.81. The zero-order chi connectivity index (χ0) is 21.1. The number of rotatable bonds is 4.